The van der Waals surface area contributed by atoms with E-state index in [9.17, 15) is 14.4 Å². The number of amides is 3. The minimum Gasteiger partial charge on any atom is -0.370 e. The van der Waals surface area contributed by atoms with Gasteiger partial charge in [-0.1, -0.05) is 0 Å². The molecular weight excluding hydrogens is 196 g/mol. The molecule has 0 atom stereocenters. The topological polar surface area (TPSA) is 80.5 Å². The Labute approximate surface area is 87.9 Å². The van der Waals surface area contributed by atoms with Crippen LogP contribution in [-0.4, -0.2) is 29.2 Å². The second-order valence-corrected chi connectivity index (χ2v) is 3.55. The van der Waals surface area contributed by atoms with Gasteiger partial charge in [-0.05, 0) is 19.8 Å². The summed E-state index contributed by atoms with van der Waals surface area (Å²) in [7, 11) is 0. The van der Waals surface area contributed by atoms with Gasteiger partial charge in [-0.25, -0.2) is 0 Å². The SMILES string of the molecule is CC1=CC(=O)N(CCCCC(N)=O)C1=O. The Morgan fingerprint density at radius 1 is 1.40 bits per heavy atom. The average Bonchev–Trinajstić information content (AvgIpc) is 2.37. The van der Waals surface area contributed by atoms with Crippen LogP contribution in [0.5, 0.6) is 0 Å². The summed E-state index contributed by atoms with van der Waals surface area (Å²) in [5.74, 6) is -0.862. The summed E-state index contributed by atoms with van der Waals surface area (Å²) in [5, 5.41) is 0. The highest BCUT2D eigenvalue weighted by atomic mass is 16.2. The first-order valence-corrected chi connectivity index (χ1v) is 4.85. The molecule has 1 rings (SSSR count). The number of nitrogens with zero attached hydrogens (tertiary/aromatic N) is 1. The third-order valence-electron chi connectivity index (χ3n) is 2.24. The molecule has 0 aromatic carbocycles. The van der Waals surface area contributed by atoms with Crippen molar-refractivity contribution in [1.29, 1.82) is 0 Å². The number of hydrogen-bond acceptors (Lipinski definition) is 3. The lowest BCUT2D eigenvalue weighted by Gasteiger charge is -2.13. The standard InChI is InChI=1S/C10H14N2O3/c1-7-6-9(14)12(10(7)15)5-3-2-4-8(11)13/h6H,2-5H2,1H3,(H2,11,13). The van der Waals surface area contributed by atoms with Crippen molar-refractivity contribution in [3.05, 3.63) is 11.6 Å². The summed E-state index contributed by atoms with van der Waals surface area (Å²) in [6.45, 7) is 1.97. The van der Waals surface area contributed by atoms with Gasteiger partial charge in [-0.2, -0.15) is 0 Å². The van der Waals surface area contributed by atoms with Crippen LogP contribution in [0.25, 0.3) is 0 Å². The third kappa shape index (κ3) is 2.90. The maximum atomic E-state index is 11.4. The molecular formula is C10H14N2O3. The average molecular weight is 210 g/mol. The molecule has 0 aromatic rings. The third-order valence-corrected chi connectivity index (χ3v) is 2.24. The van der Waals surface area contributed by atoms with E-state index in [-0.39, 0.29) is 17.7 Å². The second kappa shape index (κ2) is 4.72. The Hall–Kier alpha value is -1.65. The molecule has 2 N–H and O–H groups in total. The van der Waals surface area contributed by atoms with Gasteiger partial charge in [-0.15, -0.1) is 0 Å². The number of imide groups is 1. The molecule has 0 unspecified atom stereocenters. The zero-order valence-electron chi connectivity index (χ0n) is 8.66. The lowest BCUT2D eigenvalue weighted by Crippen LogP contribution is -2.31. The molecule has 0 aliphatic carbocycles. The Bertz CT molecular complexity index is 334. The smallest absolute Gasteiger partial charge is 0.256 e. The van der Waals surface area contributed by atoms with E-state index in [1.165, 1.54) is 11.0 Å². The van der Waals surface area contributed by atoms with E-state index in [2.05, 4.69) is 0 Å². The molecule has 1 aliphatic rings. The fourth-order valence-electron chi connectivity index (χ4n) is 1.42. The van der Waals surface area contributed by atoms with E-state index in [1.54, 1.807) is 6.92 Å². The Kier molecular flexibility index (Phi) is 3.60. The number of rotatable bonds is 5. The predicted molar refractivity (Wildman–Crippen MR) is 53.5 cm³/mol. The highest BCUT2D eigenvalue weighted by Crippen LogP contribution is 2.12. The lowest BCUT2D eigenvalue weighted by molar-refractivity contribution is -0.137. The minimum absolute atomic E-state index is 0.237. The van der Waals surface area contributed by atoms with E-state index in [1.807, 2.05) is 0 Å². The molecule has 5 nitrogen and oxygen atoms in total. The van der Waals surface area contributed by atoms with E-state index in [0.29, 0.717) is 31.4 Å². The number of carbonyl (C=O) groups excluding carboxylic acids is 3. The van der Waals surface area contributed by atoms with Crippen molar-refractivity contribution < 1.29 is 14.4 Å². The van der Waals surface area contributed by atoms with E-state index < -0.39 is 0 Å². The maximum Gasteiger partial charge on any atom is 0.256 e. The number of nitrogens with two attached hydrogens (primary N) is 1. The van der Waals surface area contributed by atoms with Crippen LogP contribution in [0.2, 0.25) is 0 Å². The number of primary amides is 1. The molecule has 0 saturated heterocycles. The summed E-state index contributed by atoms with van der Waals surface area (Å²) in [6, 6.07) is 0. The molecule has 5 heteroatoms. The van der Waals surface area contributed by atoms with E-state index in [0.717, 1.165) is 0 Å². The normalized spacial score (nSPS) is 15.8. The molecule has 0 spiro atoms. The predicted octanol–water partition coefficient (Wildman–Crippen LogP) is -0.0429. The highest BCUT2D eigenvalue weighted by Gasteiger charge is 2.27. The molecule has 15 heavy (non-hydrogen) atoms. The molecule has 1 aliphatic heterocycles. The van der Waals surface area contributed by atoms with Crippen LogP contribution in [0.4, 0.5) is 0 Å². The first kappa shape index (κ1) is 11.4. The minimum atomic E-state index is -0.358. The van der Waals surface area contributed by atoms with Gasteiger partial charge in [0.2, 0.25) is 5.91 Å². The van der Waals surface area contributed by atoms with Gasteiger partial charge in [-0.3, -0.25) is 19.3 Å². The second-order valence-electron chi connectivity index (χ2n) is 3.55. The van der Waals surface area contributed by atoms with Gasteiger partial charge < -0.3 is 5.73 Å². The van der Waals surface area contributed by atoms with Crippen molar-refractivity contribution >= 4 is 17.7 Å². The maximum absolute atomic E-state index is 11.4. The quantitative estimate of drug-likeness (QED) is 0.510. The van der Waals surface area contributed by atoms with Crippen molar-refractivity contribution in [3.63, 3.8) is 0 Å². The van der Waals surface area contributed by atoms with Gasteiger partial charge in [0.15, 0.2) is 0 Å². The van der Waals surface area contributed by atoms with Crippen LogP contribution < -0.4 is 5.73 Å². The first-order valence-electron chi connectivity index (χ1n) is 4.85. The van der Waals surface area contributed by atoms with Crippen LogP contribution >= 0.6 is 0 Å². The molecule has 82 valence electrons. The van der Waals surface area contributed by atoms with Crippen molar-refractivity contribution in [2.45, 2.75) is 26.2 Å². The number of unbranched alkanes of at least 4 members (excludes halogenated alkanes) is 1. The highest BCUT2D eigenvalue weighted by molar-refractivity contribution is 6.15. The zero-order valence-corrected chi connectivity index (χ0v) is 8.66. The van der Waals surface area contributed by atoms with Crippen LogP contribution in [0.1, 0.15) is 26.2 Å². The van der Waals surface area contributed by atoms with E-state index in [4.69, 9.17) is 5.73 Å². The Balaban J connectivity index is 2.32. The van der Waals surface area contributed by atoms with Gasteiger partial charge in [0.05, 0.1) is 0 Å². The summed E-state index contributed by atoms with van der Waals surface area (Å²) >= 11 is 0. The molecule has 3 amide bonds. The van der Waals surface area contributed by atoms with Crippen molar-refractivity contribution in [2.75, 3.05) is 6.54 Å². The van der Waals surface area contributed by atoms with Gasteiger partial charge >= 0.3 is 0 Å². The van der Waals surface area contributed by atoms with Crippen LogP contribution in [0, 0.1) is 0 Å². The van der Waals surface area contributed by atoms with Gasteiger partial charge in [0.1, 0.15) is 0 Å². The van der Waals surface area contributed by atoms with E-state index >= 15 is 0 Å². The van der Waals surface area contributed by atoms with Crippen molar-refractivity contribution in [3.8, 4) is 0 Å². The summed E-state index contributed by atoms with van der Waals surface area (Å²) < 4.78 is 0. The fourth-order valence-corrected chi connectivity index (χ4v) is 1.42. The lowest BCUT2D eigenvalue weighted by atomic mass is 10.2. The number of carbonyl (C=O) groups is 3. The number of hydrogen-bond donors (Lipinski definition) is 1. The molecule has 0 bridgehead atoms. The van der Waals surface area contributed by atoms with Gasteiger partial charge in [0, 0.05) is 24.6 Å². The van der Waals surface area contributed by atoms with Gasteiger partial charge in [0.25, 0.3) is 11.8 Å². The van der Waals surface area contributed by atoms with Crippen LogP contribution in [0.15, 0.2) is 11.6 Å². The molecule has 1 heterocycles. The summed E-state index contributed by atoms with van der Waals surface area (Å²) in [6.07, 6.45) is 2.84. The van der Waals surface area contributed by atoms with Crippen molar-refractivity contribution in [1.82, 2.24) is 4.90 Å². The van der Waals surface area contributed by atoms with Crippen LogP contribution in [0.3, 0.4) is 0 Å². The first-order chi connectivity index (χ1) is 7.02. The zero-order chi connectivity index (χ0) is 11.4. The molecule has 0 saturated carbocycles. The largest absolute Gasteiger partial charge is 0.370 e. The fraction of sp³-hybridized carbons (Fsp3) is 0.500. The van der Waals surface area contributed by atoms with Crippen molar-refractivity contribution in [2.24, 2.45) is 5.73 Å². The summed E-state index contributed by atoms with van der Waals surface area (Å²) in [4.78, 5) is 34.3. The molecule has 0 fully saturated rings. The summed E-state index contributed by atoms with van der Waals surface area (Å²) in [5.41, 5.74) is 5.43. The molecule has 0 aromatic heterocycles. The van der Waals surface area contributed by atoms with Crippen LogP contribution in [-0.2, 0) is 14.4 Å². The monoisotopic (exact) mass is 210 g/mol. The Morgan fingerprint density at radius 2 is 2.07 bits per heavy atom. The Morgan fingerprint density at radius 3 is 2.53 bits per heavy atom. The molecule has 0 radical (unpaired) electrons.